The highest BCUT2D eigenvalue weighted by Crippen LogP contribution is 2.32. The summed E-state index contributed by atoms with van der Waals surface area (Å²) in [6.45, 7) is 7.97. The first-order valence-electron chi connectivity index (χ1n) is 10.9. The zero-order chi connectivity index (χ0) is 22.4. The Labute approximate surface area is 194 Å². The Bertz CT molecular complexity index is 1010. The van der Waals surface area contributed by atoms with Gasteiger partial charge >= 0.3 is 0 Å². The molecule has 31 heavy (non-hydrogen) atoms. The van der Waals surface area contributed by atoms with Crippen molar-refractivity contribution in [2.24, 2.45) is 0 Å². The van der Waals surface area contributed by atoms with Crippen LogP contribution in [0.2, 0.25) is 0 Å². The topological polar surface area (TPSA) is 36.4 Å². The Morgan fingerprint density at radius 1 is 1.00 bits per heavy atom. The first-order chi connectivity index (χ1) is 14.8. The van der Waals surface area contributed by atoms with Crippen LogP contribution in [0.4, 0.5) is 5.13 Å². The molecule has 0 atom stereocenters. The van der Waals surface area contributed by atoms with E-state index in [2.05, 4.69) is 76.2 Å². The van der Waals surface area contributed by atoms with Crippen molar-refractivity contribution >= 4 is 44.4 Å². The van der Waals surface area contributed by atoms with Gasteiger partial charge in [-0.15, -0.1) is 11.8 Å². The number of hydrogen-bond donors (Lipinski definition) is 0. The van der Waals surface area contributed by atoms with Crippen LogP contribution in [-0.4, -0.2) is 48.7 Å². The minimum atomic E-state index is 0.177. The predicted octanol–water partition coefficient (Wildman–Crippen LogP) is 6.08. The minimum absolute atomic E-state index is 0.177. The van der Waals surface area contributed by atoms with Gasteiger partial charge in [0.1, 0.15) is 0 Å². The number of amides is 1. The number of benzene rings is 2. The second-order valence-electron chi connectivity index (χ2n) is 8.39. The van der Waals surface area contributed by atoms with E-state index in [1.807, 2.05) is 16.7 Å². The summed E-state index contributed by atoms with van der Waals surface area (Å²) in [5, 5.41) is 0.832. The lowest BCUT2D eigenvalue weighted by Crippen LogP contribution is -2.33. The molecule has 0 aliphatic carbocycles. The van der Waals surface area contributed by atoms with Crippen molar-refractivity contribution in [2.75, 3.05) is 37.8 Å². The van der Waals surface area contributed by atoms with Crippen LogP contribution in [-0.2, 0) is 4.79 Å². The van der Waals surface area contributed by atoms with E-state index in [1.54, 1.807) is 11.3 Å². The third-order valence-electron chi connectivity index (χ3n) is 5.16. The highest BCUT2D eigenvalue weighted by Gasteiger charge is 2.20. The highest BCUT2D eigenvalue weighted by atomic mass is 32.2. The average molecular weight is 456 g/mol. The summed E-state index contributed by atoms with van der Waals surface area (Å²) in [7, 11) is 4.14. The first kappa shape index (κ1) is 23.8. The van der Waals surface area contributed by atoms with Crippen molar-refractivity contribution < 1.29 is 4.79 Å². The van der Waals surface area contributed by atoms with Crippen LogP contribution in [0.25, 0.3) is 10.2 Å². The van der Waals surface area contributed by atoms with Crippen molar-refractivity contribution in [1.82, 2.24) is 9.88 Å². The van der Waals surface area contributed by atoms with Crippen LogP contribution in [0.3, 0.4) is 0 Å². The molecule has 0 radical (unpaired) electrons. The molecule has 3 rings (SSSR count). The number of thiazole rings is 1. The van der Waals surface area contributed by atoms with Gasteiger partial charge in [-0.25, -0.2) is 4.98 Å². The molecule has 4 nitrogen and oxygen atoms in total. The van der Waals surface area contributed by atoms with Gasteiger partial charge in [0.2, 0.25) is 5.91 Å². The van der Waals surface area contributed by atoms with Gasteiger partial charge in [0.25, 0.3) is 0 Å². The lowest BCUT2D eigenvalue weighted by atomic mass is 10.1. The number of rotatable bonds is 10. The molecule has 6 heteroatoms. The number of carbonyl (C=O) groups excluding carboxylic acids is 1. The van der Waals surface area contributed by atoms with E-state index in [4.69, 9.17) is 4.98 Å². The Morgan fingerprint density at radius 3 is 2.45 bits per heavy atom. The van der Waals surface area contributed by atoms with Crippen molar-refractivity contribution in [2.45, 2.75) is 44.9 Å². The van der Waals surface area contributed by atoms with E-state index in [0.29, 0.717) is 13.0 Å². The molecule has 1 aromatic heterocycles. The maximum absolute atomic E-state index is 13.2. The zero-order valence-electron chi connectivity index (χ0n) is 19.3. The molecule has 0 unspecified atom stereocenters. The number of aromatic nitrogens is 1. The lowest BCUT2D eigenvalue weighted by Gasteiger charge is -2.21. The number of thioether (sulfide) groups is 1. The van der Waals surface area contributed by atoms with Crippen LogP contribution >= 0.6 is 23.1 Å². The third kappa shape index (κ3) is 6.79. The van der Waals surface area contributed by atoms with Crippen molar-refractivity contribution in [3.8, 4) is 0 Å². The summed E-state index contributed by atoms with van der Waals surface area (Å²) in [6.07, 6.45) is 2.35. The molecule has 0 fully saturated rings. The van der Waals surface area contributed by atoms with Crippen molar-refractivity contribution in [3.63, 3.8) is 0 Å². The molecule has 0 bridgehead atoms. The van der Waals surface area contributed by atoms with Gasteiger partial charge in [-0.2, -0.15) is 0 Å². The van der Waals surface area contributed by atoms with Gasteiger partial charge in [-0.05, 0) is 89.3 Å². The van der Waals surface area contributed by atoms with Gasteiger partial charge in [-0.1, -0.05) is 35.1 Å². The van der Waals surface area contributed by atoms with Crippen molar-refractivity contribution in [1.29, 1.82) is 0 Å². The second kappa shape index (κ2) is 11.1. The standard InChI is InChI=1S/C25H33N3OS2/c1-18-9-11-21(12-10-18)30-15-6-8-23(29)28(14-7-13-27(4)5)25-26-24-20(3)16-19(2)17-22(24)31-25/h9-12,16-17H,6-8,13-15H2,1-5H3. The van der Waals surface area contributed by atoms with Crippen LogP contribution in [0.15, 0.2) is 41.3 Å². The van der Waals surface area contributed by atoms with E-state index in [0.717, 1.165) is 40.5 Å². The van der Waals surface area contributed by atoms with Gasteiger partial charge in [-0.3, -0.25) is 9.69 Å². The van der Waals surface area contributed by atoms with Gasteiger partial charge in [0.05, 0.1) is 10.2 Å². The maximum Gasteiger partial charge on any atom is 0.228 e. The number of anilines is 1. The highest BCUT2D eigenvalue weighted by molar-refractivity contribution is 7.99. The second-order valence-corrected chi connectivity index (χ2v) is 10.6. The Hall–Kier alpha value is -1.89. The fourth-order valence-corrected chi connectivity index (χ4v) is 5.57. The number of aryl methyl sites for hydroxylation is 3. The van der Waals surface area contributed by atoms with Gasteiger partial charge in [0.15, 0.2) is 5.13 Å². The Balaban J connectivity index is 1.66. The van der Waals surface area contributed by atoms with Crippen LogP contribution in [0.1, 0.15) is 36.0 Å². The Morgan fingerprint density at radius 2 is 1.74 bits per heavy atom. The molecular weight excluding hydrogens is 422 g/mol. The van der Waals surface area contributed by atoms with Crippen LogP contribution < -0.4 is 4.90 Å². The molecular formula is C25H33N3OS2. The summed E-state index contributed by atoms with van der Waals surface area (Å²) < 4.78 is 1.16. The number of fused-ring (bicyclic) bond motifs is 1. The molecule has 3 aromatic rings. The smallest absolute Gasteiger partial charge is 0.228 e. The molecule has 0 N–H and O–H groups in total. The van der Waals surface area contributed by atoms with E-state index < -0.39 is 0 Å². The maximum atomic E-state index is 13.2. The minimum Gasteiger partial charge on any atom is -0.309 e. The zero-order valence-corrected chi connectivity index (χ0v) is 20.9. The van der Waals surface area contributed by atoms with E-state index in [9.17, 15) is 4.79 Å². The predicted molar refractivity (Wildman–Crippen MR) is 136 cm³/mol. The molecule has 0 aliphatic heterocycles. The van der Waals surface area contributed by atoms with Gasteiger partial charge < -0.3 is 4.90 Å². The molecule has 166 valence electrons. The molecule has 2 aromatic carbocycles. The van der Waals surface area contributed by atoms with E-state index in [1.165, 1.54) is 21.6 Å². The monoisotopic (exact) mass is 455 g/mol. The van der Waals surface area contributed by atoms with Gasteiger partial charge in [0, 0.05) is 17.9 Å². The fourth-order valence-electron chi connectivity index (χ4n) is 3.53. The summed E-state index contributed by atoms with van der Waals surface area (Å²) in [4.78, 5) is 23.4. The van der Waals surface area contributed by atoms with E-state index >= 15 is 0 Å². The molecule has 0 aliphatic rings. The molecule has 1 amide bonds. The SMILES string of the molecule is Cc1ccc(SCCCC(=O)N(CCCN(C)C)c2nc3c(C)cc(C)cc3s2)cc1. The molecule has 0 saturated heterocycles. The number of carbonyl (C=O) groups is 1. The summed E-state index contributed by atoms with van der Waals surface area (Å²) in [6, 6.07) is 12.9. The summed E-state index contributed by atoms with van der Waals surface area (Å²) >= 11 is 3.45. The summed E-state index contributed by atoms with van der Waals surface area (Å²) in [5.74, 6) is 1.12. The average Bonchev–Trinajstić information content (AvgIpc) is 3.13. The van der Waals surface area contributed by atoms with Crippen LogP contribution in [0.5, 0.6) is 0 Å². The van der Waals surface area contributed by atoms with Crippen molar-refractivity contribution in [3.05, 3.63) is 53.1 Å². The number of hydrogen-bond acceptors (Lipinski definition) is 5. The quantitative estimate of drug-likeness (QED) is 0.274. The van der Waals surface area contributed by atoms with E-state index in [-0.39, 0.29) is 5.91 Å². The Kier molecular flexibility index (Phi) is 8.52. The lowest BCUT2D eigenvalue weighted by molar-refractivity contribution is -0.118. The normalized spacial score (nSPS) is 11.4. The first-order valence-corrected chi connectivity index (χ1v) is 12.7. The summed E-state index contributed by atoms with van der Waals surface area (Å²) in [5.41, 5.74) is 4.70. The van der Waals surface area contributed by atoms with Crippen LogP contribution in [0, 0.1) is 20.8 Å². The fraction of sp³-hybridized carbons (Fsp3) is 0.440. The largest absolute Gasteiger partial charge is 0.309 e. The third-order valence-corrected chi connectivity index (χ3v) is 7.29. The molecule has 0 saturated carbocycles. The molecule has 0 spiro atoms. The number of nitrogens with zero attached hydrogens (tertiary/aromatic N) is 3. The molecule has 1 heterocycles.